The molecule has 0 bridgehead atoms. The number of anilines is 1. The Hall–Kier alpha value is -1.35. The van der Waals surface area contributed by atoms with Gasteiger partial charge in [0.1, 0.15) is 0 Å². The molecule has 1 amide bonds. The molecule has 19 heavy (non-hydrogen) atoms. The number of nitrogens with one attached hydrogen (secondary N) is 1. The van der Waals surface area contributed by atoms with Gasteiger partial charge < -0.3 is 10.4 Å². The number of hydrogen-bond acceptors (Lipinski definition) is 2. The number of para-hydroxylation sites is 1. The van der Waals surface area contributed by atoms with Crippen LogP contribution in [-0.2, 0) is 4.79 Å². The Kier molecular flexibility index (Phi) is 6.57. The van der Waals surface area contributed by atoms with Crippen LogP contribution in [-0.4, -0.2) is 11.0 Å². The fraction of sp³-hybridized carbons (Fsp3) is 0.562. The van der Waals surface area contributed by atoms with Crippen molar-refractivity contribution in [3.8, 4) is 0 Å². The van der Waals surface area contributed by atoms with Gasteiger partial charge in [-0.2, -0.15) is 0 Å². The van der Waals surface area contributed by atoms with E-state index in [0.717, 1.165) is 36.9 Å². The normalized spacial score (nSPS) is 12.5. The zero-order valence-corrected chi connectivity index (χ0v) is 12.1. The van der Waals surface area contributed by atoms with Crippen LogP contribution in [0.15, 0.2) is 24.3 Å². The van der Waals surface area contributed by atoms with Crippen molar-refractivity contribution >= 4 is 11.6 Å². The van der Waals surface area contributed by atoms with E-state index in [1.165, 1.54) is 0 Å². The zero-order valence-electron chi connectivity index (χ0n) is 12.1. The average Bonchev–Trinajstić information content (AvgIpc) is 2.38. The lowest BCUT2D eigenvalue weighted by Gasteiger charge is -2.18. The second-order valence-corrected chi connectivity index (χ2v) is 5.03. The predicted octanol–water partition coefficient (Wildman–Crippen LogP) is 3.89. The largest absolute Gasteiger partial charge is 0.389 e. The first-order chi connectivity index (χ1) is 9.10. The summed E-state index contributed by atoms with van der Waals surface area (Å²) in [6.45, 7) is 5.90. The topological polar surface area (TPSA) is 49.3 Å². The van der Waals surface area contributed by atoms with E-state index in [1.807, 2.05) is 24.3 Å². The summed E-state index contributed by atoms with van der Waals surface area (Å²) in [6.07, 6.45) is 3.27. The third-order valence-electron chi connectivity index (χ3n) is 3.31. The Labute approximate surface area is 116 Å². The summed E-state index contributed by atoms with van der Waals surface area (Å²) in [5.41, 5.74) is 1.49. The average molecular weight is 263 g/mol. The standard InChI is InChI=1S/C16H25NO2/c1-4-8-13(9-5-2)16(19)17-15-11-7-6-10-14(15)12(3)18/h6-7,10-13,18H,4-5,8-9H2,1-3H3,(H,17,19). The van der Waals surface area contributed by atoms with Crippen molar-refractivity contribution in [3.63, 3.8) is 0 Å². The molecule has 0 aromatic heterocycles. The molecule has 3 heteroatoms. The van der Waals surface area contributed by atoms with E-state index in [9.17, 15) is 9.90 Å². The highest BCUT2D eigenvalue weighted by atomic mass is 16.3. The van der Waals surface area contributed by atoms with E-state index in [-0.39, 0.29) is 11.8 Å². The van der Waals surface area contributed by atoms with Crippen LogP contribution >= 0.6 is 0 Å². The monoisotopic (exact) mass is 263 g/mol. The number of aliphatic hydroxyl groups excluding tert-OH is 1. The summed E-state index contributed by atoms with van der Waals surface area (Å²) in [7, 11) is 0. The molecular weight excluding hydrogens is 238 g/mol. The minimum absolute atomic E-state index is 0.0665. The number of aliphatic hydroxyl groups is 1. The Morgan fingerprint density at radius 1 is 1.21 bits per heavy atom. The number of carbonyl (C=O) groups is 1. The molecule has 0 radical (unpaired) electrons. The molecule has 0 aliphatic heterocycles. The highest BCUT2D eigenvalue weighted by molar-refractivity contribution is 5.93. The predicted molar refractivity (Wildman–Crippen MR) is 79.0 cm³/mol. The van der Waals surface area contributed by atoms with E-state index in [4.69, 9.17) is 0 Å². The van der Waals surface area contributed by atoms with Gasteiger partial charge in [-0.25, -0.2) is 0 Å². The molecule has 0 saturated heterocycles. The van der Waals surface area contributed by atoms with Crippen LogP contribution in [0.2, 0.25) is 0 Å². The first kappa shape index (κ1) is 15.7. The molecule has 0 saturated carbocycles. The minimum atomic E-state index is -0.577. The van der Waals surface area contributed by atoms with Crippen LogP contribution in [0.5, 0.6) is 0 Å². The summed E-state index contributed by atoms with van der Waals surface area (Å²) < 4.78 is 0. The second-order valence-electron chi connectivity index (χ2n) is 5.03. The van der Waals surface area contributed by atoms with Crippen molar-refractivity contribution < 1.29 is 9.90 Å². The molecule has 0 aliphatic carbocycles. The van der Waals surface area contributed by atoms with Gasteiger partial charge in [-0.15, -0.1) is 0 Å². The van der Waals surface area contributed by atoms with Crippen LogP contribution in [0.1, 0.15) is 58.1 Å². The Morgan fingerprint density at radius 3 is 2.32 bits per heavy atom. The van der Waals surface area contributed by atoms with Crippen molar-refractivity contribution in [2.45, 2.75) is 52.6 Å². The fourth-order valence-corrected chi connectivity index (χ4v) is 2.31. The molecule has 106 valence electrons. The van der Waals surface area contributed by atoms with Gasteiger partial charge in [0.25, 0.3) is 0 Å². The van der Waals surface area contributed by atoms with Crippen LogP contribution in [0, 0.1) is 5.92 Å². The molecule has 0 heterocycles. The number of carbonyl (C=O) groups excluding carboxylic acids is 1. The van der Waals surface area contributed by atoms with Crippen LogP contribution < -0.4 is 5.32 Å². The summed E-state index contributed by atoms with van der Waals surface area (Å²) in [5.74, 6) is 0.133. The fourth-order valence-electron chi connectivity index (χ4n) is 2.31. The van der Waals surface area contributed by atoms with Gasteiger partial charge in [0.2, 0.25) is 5.91 Å². The maximum absolute atomic E-state index is 12.3. The maximum Gasteiger partial charge on any atom is 0.227 e. The molecule has 0 spiro atoms. The van der Waals surface area contributed by atoms with E-state index in [1.54, 1.807) is 6.92 Å². The van der Waals surface area contributed by atoms with Crippen LogP contribution in [0.4, 0.5) is 5.69 Å². The molecular formula is C16H25NO2. The van der Waals surface area contributed by atoms with Gasteiger partial charge >= 0.3 is 0 Å². The lowest BCUT2D eigenvalue weighted by molar-refractivity contribution is -0.120. The number of hydrogen-bond donors (Lipinski definition) is 2. The van der Waals surface area contributed by atoms with Gasteiger partial charge in [-0.3, -0.25) is 4.79 Å². The summed E-state index contributed by atoms with van der Waals surface area (Å²) in [5, 5.41) is 12.7. The van der Waals surface area contributed by atoms with Crippen molar-refractivity contribution in [2.24, 2.45) is 5.92 Å². The SMILES string of the molecule is CCCC(CCC)C(=O)Nc1ccccc1C(C)O. The molecule has 1 rings (SSSR count). The first-order valence-corrected chi connectivity index (χ1v) is 7.18. The summed E-state index contributed by atoms with van der Waals surface area (Å²) in [6, 6.07) is 7.42. The number of amides is 1. The van der Waals surface area contributed by atoms with Gasteiger partial charge in [-0.1, -0.05) is 44.9 Å². The quantitative estimate of drug-likeness (QED) is 0.784. The smallest absolute Gasteiger partial charge is 0.227 e. The Morgan fingerprint density at radius 2 is 1.79 bits per heavy atom. The molecule has 0 aliphatic rings. The molecule has 1 aromatic rings. The van der Waals surface area contributed by atoms with E-state index < -0.39 is 6.10 Å². The molecule has 2 N–H and O–H groups in total. The number of rotatable bonds is 7. The maximum atomic E-state index is 12.3. The summed E-state index contributed by atoms with van der Waals surface area (Å²) >= 11 is 0. The van der Waals surface area contributed by atoms with Gasteiger partial charge in [0, 0.05) is 17.2 Å². The molecule has 1 atom stereocenters. The lowest BCUT2D eigenvalue weighted by Crippen LogP contribution is -2.23. The van der Waals surface area contributed by atoms with Crippen molar-refractivity contribution in [3.05, 3.63) is 29.8 Å². The molecule has 1 aromatic carbocycles. The van der Waals surface area contributed by atoms with Crippen LogP contribution in [0.25, 0.3) is 0 Å². The second kappa shape index (κ2) is 7.95. The highest BCUT2D eigenvalue weighted by Gasteiger charge is 2.18. The van der Waals surface area contributed by atoms with Crippen LogP contribution in [0.3, 0.4) is 0 Å². The van der Waals surface area contributed by atoms with Crippen molar-refractivity contribution in [1.29, 1.82) is 0 Å². The minimum Gasteiger partial charge on any atom is -0.389 e. The van der Waals surface area contributed by atoms with Gasteiger partial charge in [0.15, 0.2) is 0 Å². The van der Waals surface area contributed by atoms with Crippen molar-refractivity contribution in [2.75, 3.05) is 5.32 Å². The Bertz CT molecular complexity index is 395. The lowest BCUT2D eigenvalue weighted by atomic mass is 9.97. The number of benzene rings is 1. The molecule has 1 unspecified atom stereocenters. The van der Waals surface area contributed by atoms with E-state index in [0.29, 0.717) is 0 Å². The van der Waals surface area contributed by atoms with E-state index in [2.05, 4.69) is 19.2 Å². The van der Waals surface area contributed by atoms with Gasteiger partial charge in [-0.05, 0) is 25.8 Å². The third-order valence-corrected chi connectivity index (χ3v) is 3.31. The third kappa shape index (κ3) is 4.67. The first-order valence-electron chi connectivity index (χ1n) is 7.18. The van der Waals surface area contributed by atoms with Crippen molar-refractivity contribution in [1.82, 2.24) is 0 Å². The highest BCUT2D eigenvalue weighted by Crippen LogP contribution is 2.24. The molecule has 3 nitrogen and oxygen atoms in total. The zero-order chi connectivity index (χ0) is 14.3. The Balaban J connectivity index is 2.80. The van der Waals surface area contributed by atoms with Gasteiger partial charge in [0.05, 0.1) is 6.10 Å². The molecule has 0 fully saturated rings. The van der Waals surface area contributed by atoms with E-state index >= 15 is 0 Å². The summed E-state index contributed by atoms with van der Waals surface area (Å²) in [4.78, 5) is 12.3.